The molecule has 1 aromatic carbocycles. The molecule has 1 aromatic heterocycles. The number of halogens is 1. The second-order valence-corrected chi connectivity index (χ2v) is 20.4. The van der Waals surface area contributed by atoms with Crippen molar-refractivity contribution in [3.8, 4) is 0 Å². The van der Waals surface area contributed by atoms with Crippen LogP contribution >= 0.6 is 0 Å². The summed E-state index contributed by atoms with van der Waals surface area (Å²) in [4.78, 5) is 4.24. The van der Waals surface area contributed by atoms with E-state index in [0.717, 1.165) is 5.39 Å². The summed E-state index contributed by atoms with van der Waals surface area (Å²) in [5.41, 5.74) is 0.530. The Labute approximate surface area is 150 Å². The molecule has 3 heteroatoms. The molecule has 132 valence electrons. The van der Waals surface area contributed by atoms with E-state index in [-0.39, 0.29) is 5.82 Å². The molecule has 0 atom stereocenters. The molecule has 0 saturated carbocycles. The van der Waals surface area contributed by atoms with Gasteiger partial charge in [0.25, 0.3) is 0 Å². The van der Waals surface area contributed by atoms with Crippen molar-refractivity contribution < 1.29 is 4.39 Å². The van der Waals surface area contributed by atoms with Gasteiger partial charge in [-0.1, -0.05) is 0 Å². The standard InChI is InChI=1S/C9H5FN.3C4H9.Sn/c10-8-5-1-3-7-4-2-6-11-9(7)8;3*1-3-4-2;/h2-6H;3*1,3-4H2,2H3;. The SMILES string of the molecule is CCC[CH2][Sn]([CH2]CCC)([CH2]CCC)[c]1cc(F)c2ncccc2c1. The van der Waals surface area contributed by atoms with Crippen molar-refractivity contribution in [3.05, 3.63) is 36.3 Å². The number of hydrogen-bond acceptors (Lipinski definition) is 1. The number of unbranched alkanes of at least 4 members (excludes halogenated alkanes) is 3. The van der Waals surface area contributed by atoms with Crippen molar-refractivity contribution in [2.24, 2.45) is 0 Å². The molecule has 0 aliphatic carbocycles. The molecule has 1 heterocycles. The van der Waals surface area contributed by atoms with Crippen LogP contribution in [-0.4, -0.2) is 23.4 Å². The molecule has 0 saturated heterocycles. The van der Waals surface area contributed by atoms with E-state index in [4.69, 9.17) is 0 Å². The van der Waals surface area contributed by atoms with Crippen molar-refractivity contribution in [1.29, 1.82) is 0 Å². The third-order valence-corrected chi connectivity index (χ3v) is 20.8. The van der Waals surface area contributed by atoms with Crippen LogP contribution in [0.2, 0.25) is 13.3 Å². The third kappa shape index (κ3) is 4.71. The first-order chi connectivity index (χ1) is 11.7. The first-order valence-electron chi connectivity index (χ1n) is 9.71. The molecule has 0 N–H and O–H groups in total. The van der Waals surface area contributed by atoms with E-state index in [1.807, 2.05) is 18.2 Å². The maximum absolute atomic E-state index is 14.7. The third-order valence-electron chi connectivity index (χ3n) is 5.30. The Hall–Kier alpha value is -0.641. The molecule has 0 bridgehead atoms. The van der Waals surface area contributed by atoms with Crippen LogP contribution in [0.25, 0.3) is 10.9 Å². The number of rotatable bonds is 10. The minimum absolute atomic E-state index is 0.117. The van der Waals surface area contributed by atoms with E-state index >= 15 is 0 Å². The van der Waals surface area contributed by atoms with E-state index in [2.05, 4.69) is 31.8 Å². The monoisotopic (exact) mass is 437 g/mol. The van der Waals surface area contributed by atoms with E-state index in [1.165, 1.54) is 55.4 Å². The number of benzene rings is 1. The summed E-state index contributed by atoms with van der Waals surface area (Å²) in [6, 6.07) is 8.10. The van der Waals surface area contributed by atoms with E-state index in [1.54, 1.807) is 6.20 Å². The maximum atomic E-state index is 14.7. The van der Waals surface area contributed by atoms with Gasteiger partial charge >= 0.3 is 151 Å². The summed E-state index contributed by atoms with van der Waals surface area (Å²) in [7, 11) is 0. The first-order valence-corrected chi connectivity index (χ1v) is 17.2. The second kappa shape index (κ2) is 9.74. The van der Waals surface area contributed by atoms with Crippen LogP contribution < -0.4 is 3.58 Å². The van der Waals surface area contributed by atoms with Gasteiger partial charge in [-0.15, -0.1) is 0 Å². The fraction of sp³-hybridized carbons (Fsp3) is 0.571. The zero-order chi connectivity index (χ0) is 17.4. The van der Waals surface area contributed by atoms with Gasteiger partial charge in [0.1, 0.15) is 0 Å². The van der Waals surface area contributed by atoms with Crippen LogP contribution in [0, 0.1) is 5.82 Å². The number of fused-ring (bicyclic) bond motifs is 1. The average molecular weight is 436 g/mol. The molecule has 2 rings (SSSR count). The summed E-state index contributed by atoms with van der Waals surface area (Å²) in [6.45, 7) is 6.84. The van der Waals surface area contributed by atoms with Crippen LogP contribution in [0.4, 0.5) is 4.39 Å². The number of hydrogen-bond donors (Lipinski definition) is 0. The quantitative estimate of drug-likeness (QED) is 0.391. The zero-order valence-corrected chi connectivity index (χ0v) is 18.4. The molecule has 2 aromatic rings. The first kappa shape index (κ1) is 19.7. The van der Waals surface area contributed by atoms with Gasteiger partial charge in [-0.2, -0.15) is 0 Å². The average Bonchev–Trinajstić information content (AvgIpc) is 2.61. The van der Waals surface area contributed by atoms with Gasteiger partial charge < -0.3 is 0 Å². The Balaban J connectivity index is 2.50. The molecular weight excluding hydrogens is 404 g/mol. The molecule has 0 amide bonds. The zero-order valence-electron chi connectivity index (χ0n) is 15.6. The Bertz CT molecular complexity index is 619. The predicted octanol–water partition coefficient (Wildman–Crippen LogP) is 6.43. The Morgan fingerprint density at radius 2 is 1.50 bits per heavy atom. The minimum atomic E-state index is -2.56. The molecule has 1 nitrogen and oxygen atoms in total. The Kier molecular flexibility index (Phi) is 7.99. The van der Waals surface area contributed by atoms with Crippen molar-refractivity contribution in [2.45, 2.75) is 72.6 Å². The van der Waals surface area contributed by atoms with E-state index in [0.29, 0.717) is 5.52 Å². The molecule has 0 aliphatic heterocycles. The van der Waals surface area contributed by atoms with Crippen molar-refractivity contribution in [3.63, 3.8) is 0 Å². The van der Waals surface area contributed by atoms with Crippen LogP contribution in [0.1, 0.15) is 59.3 Å². The summed E-state index contributed by atoms with van der Waals surface area (Å²) in [5.74, 6) is -0.117. The van der Waals surface area contributed by atoms with Crippen molar-refractivity contribution in [1.82, 2.24) is 4.98 Å². The van der Waals surface area contributed by atoms with Gasteiger partial charge in [-0.05, 0) is 0 Å². The van der Waals surface area contributed by atoms with Crippen molar-refractivity contribution in [2.75, 3.05) is 0 Å². The Morgan fingerprint density at radius 3 is 2.04 bits per heavy atom. The van der Waals surface area contributed by atoms with Crippen LogP contribution in [0.5, 0.6) is 0 Å². The van der Waals surface area contributed by atoms with E-state index in [9.17, 15) is 4.39 Å². The topological polar surface area (TPSA) is 12.9 Å². The summed E-state index contributed by atoms with van der Waals surface area (Å²) < 4.78 is 20.2. The molecule has 0 spiro atoms. The van der Waals surface area contributed by atoms with Crippen LogP contribution in [-0.2, 0) is 0 Å². The molecule has 0 fully saturated rings. The molecular formula is C21H32FNSn. The summed E-state index contributed by atoms with van der Waals surface area (Å²) in [5, 5.41) is 0.984. The van der Waals surface area contributed by atoms with Gasteiger partial charge in [0, 0.05) is 0 Å². The predicted molar refractivity (Wildman–Crippen MR) is 106 cm³/mol. The molecule has 0 unspecified atom stereocenters. The number of nitrogens with zero attached hydrogens (tertiary/aromatic N) is 1. The van der Waals surface area contributed by atoms with Gasteiger partial charge in [-0.25, -0.2) is 0 Å². The van der Waals surface area contributed by atoms with Gasteiger partial charge in [-0.3, -0.25) is 0 Å². The summed E-state index contributed by atoms with van der Waals surface area (Å²) >= 11 is -2.56. The van der Waals surface area contributed by atoms with Crippen LogP contribution in [0.15, 0.2) is 30.5 Å². The fourth-order valence-corrected chi connectivity index (χ4v) is 19.8. The van der Waals surface area contributed by atoms with E-state index < -0.39 is 18.4 Å². The molecule has 0 radical (unpaired) electrons. The second-order valence-electron chi connectivity index (χ2n) is 7.12. The van der Waals surface area contributed by atoms with Crippen molar-refractivity contribution >= 4 is 32.9 Å². The summed E-state index contributed by atoms with van der Waals surface area (Å²) in [6.07, 6.45) is 9.33. The van der Waals surface area contributed by atoms with Gasteiger partial charge in [0.15, 0.2) is 0 Å². The fourth-order valence-electron chi connectivity index (χ4n) is 3.81. The van der Waals surface area contributed by atoms with Gasteiger partial charge in [0.2, 0.25) is 0 Å². The Morgan fingerprint density at radius 1 is 0.917 bits per heavy atom. The van der Waals surface area contributed by atoms with Gasteiger partial charge in [0.05, 0.1) is 0 Å². The number of pyridine rings is 1. The number of aromatic nitrogens is 1. The van der Waals surface area contributed by atoms with Crippen LogP contribution in [0.3, 0.4) is 0 Å². The normalized spacial score (nSPS) is 12.0. The molecule has 0 aliphatic rings. The molecule has 24 heavy (non-hydrogen) atoms.